The van der Waals surface area contributed by atoms with Crippen LogP contribution in [0.4, 0.5) is 4.39 Å². The summed E-state index contributed by atoms with van der Waals surface area (Å²) in [5.41, 5.74) is 1.52. The highest BCUT2D eigenvalue weighted by molar-refractivity contribution is 6.30. The number of hydrogen-bond donors (Lipinski definition) is 1. The monoisotopic (exact) mass is 386 g/mol. The van der Waals surface area contributed by atoms with Crippen molar-refractivity contribution in [2.45, 2.75) is 25.3 Å². The number of halogens is 2. The van der Waals surface area contributed by atoms with Crippen molar-refractivity contribution in [3.8, 4) is 5.69 Å². The standard InChI is InChI=1S/C20H20ClFN4O/c21-16-5-9-18(10-6-16)26-20(27)23-19(24-26)15-2-1-11-25(13-15)12-14-3-7-17(22)8-4-14/h3-10,15H,1-2,11-13H2,(H,23,24,27). The van der Waals surface area contributed by atoms with E-state index in [1.54, 1.807) is 24.3 Å². The minimum absolute atomic E-state index is 0.167. The molecule has 140 valence electrons. The van der Waals surface area contributed by atoms with Crippen molar-refractivity contribution in [3.63, 3.8) is 0 Å². The highest BCUT2D eigenvalue weighted by atomic mass is 35.5. The van der Waals surface area contributed by atoms with Gasteiger partial charge in [0.15, 0.2) is 0 Å². The number of benzene rings is 2. The first-order chi connectivity index (χ1) is 13.1. The Balaban J connectivity index is 1.50. The van der Waals surface area contributed by atoms with Crippen LogP contribution in [0.2, 0.25) is 5.02 Å². The molecule has 1 aliphatic rings. The summed E-state index contributed by atoms with van der Waals surface area (Å²) in [5, 5.41) is 5.13. The van der Waals surface area contributed by atoms with Crippen molar-refractivity contribution < 1.29 is 4.39 Å². The van der Waals surface area contributed by atoms with Crippen molar-refractivity contribution in [1.82, 2.24) is 19.7 Å². The van der Waals surface area contributed by atoms with Crippen LogP contribution in [0.25, 0.3) is 5.69 Å². The highest BCUT2D eigenvalue weighted by Crippen LogP contribution is 2.25. The molecule has 0 aliphatic carbocycles. The number of hydrogen-bond acceptors (Lipinski definition) is 3. The van der Waals surface area contributed by atoms with E-state index in [-0.39, 0.29) is 17.4 Å². The molecule has 3 aromatic rings. The SMILES string of the molecule is O=c1[nH]c(C2CCCN(Cc3ccc(F)cc3)C2)nn1-c1ccc(Cl)cc1. The van der Waals surface area contributed by atoms with Gasteiger partial charge in [0.2, 0.25) is 0 Å². The summed E-state index contributed by atoms with van der Waals surface area (Å²) < 4.78 is 14.5. The fraction of sp³-hybridized carbons (Fsp3) is 0.300. The van der Waals surface area contributed by atoms with Crippen LogP contribution in [0.15, 0.2) is 53.3 Å². The summed E-state index contributed by atoms with van der Waals surface area (Å²) in [6, 6.07) is 13.6. The zero-order valence-electron chi connectivity index (χ0n) is 14.7. The van der Waals surface area contributed by atoms with E-state index < -0.39 is 0 Å². The molecule has 1 aromatic heterocycles. The lowest BCUT2D eigenvalue weighted by atomic mass is 9.97. The summed E-state index contributed by atoms with van der Waals surface area (Å²) >= 11 is 5.92. The molecule has 0 spiro atoms. The lowest BCUT2D eigenvalue weighted by Gasteiger charge is -2.31. The largest absolute Gasteiger partial charge is 0.348 e. The lowest BCUT2D eigenvalue weighted by Crippen LogP contribution is -2.34. The van der Waals surface area contributed by atoms with Gasteiger partial charge in [-0.25, -0.2) is 9.18 Å². The predicted octanol–water partition coefficient (Wildman–Crippen LogP) is 3.73. The van der Waals surface area contributed by atoms with E-state index in [0.717, 1.165) is 38.0 Å². The summed E-state index contributed by atoms with van der Waals surface area (Å²) in [6.07, 6.45) is 2.01. The Labute approximate surface area is 161 Å². The van der Waals surface area contributed by atoms with Crippen LogP contribution in [0.5, 0.6) is 0 Å². The first kappa shape index (κ1) is 17.9. The van der Waals surface area contributed by atoms with Crippen molar-refractivity contribution in [3.05, 3.63) is 81.2 Å². The molecule has 4 rings (SSSR count). The molecule has 7 heteroatoms. The molecule has 27 heavy (non-hydrogen) atoms. The summed E-state index contributed by atoms with van der Waals surface area (Å²) in [5.74, 6) is 0.653. The zero-order chi connectivity index (χ0) is 18.8. The predicted molar refractivity (Wildman–Crippen MR) is 103 cm³/mol. The number of nitrogens with zero attached hydrogens (tertiary/aromatic N) is 3. The topological polar surface area (TPSA) is 53.9 Å². The van der Waals surface area contributed by atoms with Crippen LogP contribution in [0.3, 0.4) is 0 Å². The van der Waals surface area contributed by atoms with Gasteiger partial charge in [0.1, 0.15) is 11.6 Å². The number of likely N-dealkylation sites (tertiary alicyclic amines) is 1. The number of H-pyrrole nitrogens is 1. The van der Waals surface area contributed by atoms with Gasteiger partial charge >= 0.3 is 5.69 Å². The second-order valence-corrected chi connectivity index (χ2v) is 7.34. The molecule has 0 radical (unpaired) electrons. The van der Waals surface area contributed by atoms with E-state index in [2.05, 4.69) is 15.0 Å². The normalized spacial score (nSPS) is 17.9. The van der Waals surface area contributed by atoms with Gasteiger partial charge in [-0.3, -0.25) is 9.88 Å². The quantitative estimate of drug-likeness (QED) is 0.743. The number of rotatable bonds is 4. The summed E-state index contributed by atoms with van der Waals surface area (Å²) in [6.45, 7) is 2.56. The maximum atomic E-state index is 13.1. The Morgan fingerprint density at radius 3 is 2.63 bits per heavy atom. The Morgan fingerprint density at radius 1 is 1.15 bits per heavy atom. The molecule has 0 saturated carbocycles. The lowest BCUT2D eigenvalue weighted by molar-refractivity contribution is 0.196. The van der Waals surface area contributed by atoms with Crippen LogP contribution in [-0.4, -0.2) is 32.8 Å². The average Bonchev–Trinajstić information content (AvgIpc) is 3.06. The molecule has 5 nitrogen and oxygen atoms in total. The first-order valence-electron chi connectivity index (χ1n) is 9.00. The molecule has 1 unspecified atom stereocenters. The van der Waals surface area contributed by atoms with Crippen LogP contribution < -0.4 is 5.69 Å². The Bertz CT molecular complexity index is 965. The zero-order valence-corrected chi connectivity index (χ0v) is 15.5. The summed E-state index contributed by atoms with van der Waals surface area (Å²) in [4.78, 5) is 17.6. The molecule has 2 heterocycles. The van der Waals surface area contributed by atoms with Gasteiger partial charge in [-0.1, -0.05) is 23.7 Å². The molecular weight excluding hydrogens is 367 g/mol. The van der Waals surface area contributed by atoms with Crippen LogP contribution in [0.1, 0.15) is 30.1 Å². The highest BCUT2D eigenvalue weighted by Gasteiger charge is 2.25. The molecule has 1 atom stereocenters. The van der Waals surface area contributed by atoms with E-state index >= 15 is 0 Å². The first-order valence-corrected chi connectivity index (χ1v) is 9.38. The van der Waals surface area contributed by atoms with Gasteiger partial charge in [-0.05, 0) is 61.3 Å². The van der Waals surface area contributed by atoms with E-state index in [0.29, 0.717) is 16.5 Å². The summed E-state index contributed by atoms with van der Waals surface area (Å²) in [7, 11) is 0. The Hall–Kier alpha value is -2.44. The van der Waals surface area contributed by atoms with Gasteiger partial charge in [0.05, 0.1) is 5.69 Å². The van der Waals surface area contributed by atoms with Crippen molar-refractivity contribution >= 4 is 11.6 Å². The molecular formula is C20H20ClFN4O. The average molecular weight is 387 g/mol. The fourth-order valence-electron chi connectivity index (χ4n) is 3.55. The second-order valence-electron chi connectivity index (χ2n) is 6.90. The maximum absolute atomic E-state index is 13.1. The van der Waals surface area contributed by atoms with E-state index in [4.69, 9.17) is 11.6 Å². The molecule has 0 bridgehead atoms. The van der Waals surface area contributed by atoms with Gasteiger partial charge in [0.25, 0.3) is 0 Å². The van der Waals surface area contributed by atoms with Crippen molar-refractivity contribution in [2.24, 2.45) is 0 Å². The van der Waals surface area contributed by atoms with Crippen LogP contribution in [-0.2, 0) is 6.54 Å². The van der Waals surface area contributed by atoms with Crippen LogP contribution >= 0.6 is 11.6 Å². The minimum atomic E-state index is -0.247. The van der Waals surface area contributed by atoms with E-state index in [1.807, 2.05) is 12.1 Å². The third-order valence-electron chi connectivity index (χ3n) is 4.92. The fourth-order valence-corrected chi connectivity index (χ4v) is 3.68. The molecule has 1 saturated heterocycles. The van der Waals surface area contributed by atoms with Gasteiger partial charge in [-0.15, -0.1) is 5.10 Å². The Kier molecular flexibility index (Phi) is 5.09. The number of aromatic amines is 1. The minimum Gasteiger partial charge on any atom is -0.298 e. The number of piperidine rings is 1. The van der Waals surface area contributed by atoms with Gasteiger partial charge < -0.3 is 0 Å². The number of nitrogens with one attached hydrogen (secondary N) is 1. The number of aromatic nitrogens is 3. The van der Waals surface area contributed by atoms with E-state index in [1.165, 1.54) is 16.8 Å². The van der Waals surface area contributed by atoms with Gasteiger partial charge in [-0.2, -0.15) is 4.68 Å². The maximum Gasteiger partial charge on any atom is 0.348 e. The Morgan fingerprint density at radius 2 is 1.89 bits per heavy atom. The molecule has 2 aromatic carbocycles. The van der Waals surface area contributed by atoms with Crippen LogP contribution in [0, 0.1) is 5.82 Å². The van der Waals surface area contributed by atoms with Crippen molar-refractivity contribution in [1.29, 1.82) is 0 Å². The molecule has 1 aliphatic heterocycles. The smallest absolute Gasteiger partial charge is 0.298 e. The van der Waals surface area contributed by atoms with Crippen molar-refractivity contribution in [2.75, 3.05) is 13.1 Å². The molecule has 1 fully saturated rings. The second kappa shape index (κ2) is 7.66. The van der Waals surface area contributed by atoms with Gasteiger partial charge in [0, 0.05) is 24.0 Å². The molecule has 1 N–H and O–H groups in total. The van der Waals surface area contributed by atoms with E-state index in [9.17, 15) is 9.18 Å². The third-order valence-corrected chi connectivity index (χ3v) is 5.17. The molecule has 0 amide bonds. The third kappa shape index (κ3) is 4.12.